The van der Waals surface area contributed by atoms with Crippen molar-refractivity contribution in [1.29, 1.82) is 5.26 Å². The zero-order valence-corrected chi connectivity index (χ0v) is 21.9. The van der Waals surface area contributed by atoms with Crippen LogP contribution >= 0.6 is 0 Å². The van der Waals surface area contributed by atoms with Gasteiger partial charge in [-0.2, -0.15) is 19.9 Å². The Morgan fingerprint density at radius 1 is 1.22 bits per heavy atom. The van der Waals surface area contributed by atoms with Crippen molar-refractivity contribution in [3.05, 3.63) is 88.0 Å². The minimum Gasteiger partial charge on any atom is -0.478 e. The lowest BCUT2D eigenvalue weighted by Gasteiger charge is -2.16. The first-order chi connectivity index (χ1) is 19.7. The molecule has 2 heterocycles. The first-order valence-electron chi connectivity index (χ1n) is 12.7. The van der Waals surface area contributed by atoms with Crippen LogP contribution in [0.3, 0.4) is 0 Å². The molecule has 7 N–H and O–H groups in total. The van der Waals surface area contributed by atoms with Gasteiger partial charge >= 0.3 is 5.97 Å². The van der Waals surface area contributed by atoms with Crippen molar-refractivity contribution in [3.63, 3.8) is 0 Å². The third-order valence-electron chi connectivity index (χ3n) is 6.87. The predicted molar refractivity (Wildman–Crippen MR) is 145 cm³/mol. The molecule has 2 atom stereocenters. The molecule has 0 radical (unpaired) electrons. The molecule has 1 aliphatic carbocycles. The fourth-order valence-electron chi connectivity index (χ4n) is 4.91. The van der Waals surface area contributed by atoms with Gasteiger partial charge in [0.25, 0.3) is 17.6 Å². The lowest BCUT2D eigenvalue weighted by Crippen LogP contribution is -2.41. The molecule has 1 unspecified atom stereocenters. The topological polar surface area (TPSA) is 212 Å². The van der Waals surface area contributed by atoms with Crippen LogP contribution in [0.4, 0.5) is 5.69 Å². The van der Waals surface area contributed by atoms with Crippen LogP contribution in [0.1, 0.15) is 66.1 Å². The number of hydrogen-bond acceptors (Lipinski definition) is 10. The number of fused-ring (bicyclic) bond motifs is 2. The highest BCUT2D eigenvalue weighted by Crippen LogP contribution is 2.35. The number of carbonyl (C=O) groups is 3. The Labute approximate surface area is 233 Å². The van der Waals surface area contributed by atoms with E-state index in [1.165, 1.54) is 16.9 Å². The maximum atomic E-state index is 13.4. The Balaban J connectivity index is 1.32. The average molecular weight is 555 g/mol. The van der Waals surface area contributed by atoms with Crippen molar-refractivity contribution in [2.45, 2.75) is 38.6 Å². The van der Waals surface area contributed by atoms with E-state index >= 15 is 0 Å². The van der Waals surface area contributed by atoms with Gasteiger partial charge in [-0.05, 0) is 60.2 Å². The molecule has 0 saturated carbocycles. The highest BCUT2D eigenvalue weighted by Gasteiger charge is 2.29. The van der Waals surface area contributed by atoms with Gasteiger partial charge < -0.3 is 21.1 Å². The second kappa shape index (κ2) is 11.3. The number of nitrogens with one attached hydrogen (secondary N) is 4. The molecule has 4 aromatic rings. The Morgan fingerprint density at radius 3 is 2.83 bits per heavy atom. The van der Waals surface area contributed by atoms with Gasteiger partial charge in [0.1, 0.15) is 17.7 Å². The summed E-state index contributed by atoms with van der Waals surface area (Å²) in [5.41, 5.74) is 9.94. The molecule has 14 nitrogen and oxygen atoms in total. The van der Waals surface area contributed by atoms with E-state index in [-0.39, 0.29) is 35.3 Å². The van der Waals surface area contributed by atoms with E-state index in [1.54, 1.807) is 43.4 Å². The van der Waals surface area contributed by atoms with Gasteiger partial charge in [-0.3, -0.25) is 20.6 Å². The summed E-state index contributed by atoms with van der Waals surface area (Å²) >= 11 is 0. The first-order valence-corrected chi connectivity index (χ1v) is 12.7. The summed E-state index contributed by atoms with van der Waals surface area (Å²) in [6.07, 6.45) is 3.47. The van der Waals surface area contributed by atoms with Crippen molar-refractivity contribution in [3.8, 4) is 6.19 Å². The molecule has 2 aromatic heterocycles. The van der Waals surface area contributed by atoms with Crippen LogP contribution in [0, 0.1) is 18.4 Å². The lowest BCUT2D eigenvalue weighted by atomic mass is 9.98. The number of nitrogens with zero attached hydrogens (tertiary/aromatic N) is 5. The summed E-state index contributed by atoms with van der Waals surface area (Å²) in [6, 6.07) is 11.4. The van der Waals surface area contributed by atoms with E-state index in [9.17, 15) is 19.5 Å². The predicted octanol–water partition coefficient (Wildman–Crippen LogP) is 1.20. The van der Waals surface area contributed by atoms with Gasteiger partial charge in [0.2, 0.25) is 0 Å². The zero-order valence-electron chi connectivity index (χ0n) is 21.9. The van der Waals surface area contributed by atoms with Gasteiger partial charge in [0.15, 0.2) is 12.5 Å². The van der Waals surface area contributed by atoms with Gasteiger partial charge in [-0.25, -0.2) is 9.78 Å². The van der Waals surface area contributed by atoms with Crippen LogP contribution in [-0.2, 0) is 13.0 Å². The molecule has 14 heteroatoms. The SMILES string of the molecule is Cc1c(C(=O)O)ccc2c1CC[C@@H]2NC(=O)c1cc(C(=O)NCc2cccc(NC(N)NC#N)c2)nc2ncnn12. The molecule has 2 aromatic carbocycles. The summed E-state index contributed by atoms with van der Waals surface area (Å²) in [7, 11) is 0. The Morgan fingerprint density at radius 2 is 2.05 bits per heavy atom. The fourth-order valence-corrected chi connectivity index (χ4v) is 4.91. The zero-order chi connectivity index (χ0) is 29.1. The van der Waals surface area contributed by atoms with Crippen LogP contribution in [0.2, 0.25) is 0 Å². The quantitative estimate of drug-likeness (QED) is 0.0982. The number of anilines is 1. The van der Waals surface area contributed by atoms with E-state index in [0.29, 0.717) is 24.1 Å². The summed E-state index contributed by atoms with van der Waals surface area (Å²) in [5.74, 6) is -1.90. The summed E-state index contributed by atoms with van der Waals surface area (Å²) in [5, 5.41) is 33.3. The fraction of sp³-hybridized carbons (Fsp3) is 0.222. The first kappa shape index (κ1) is 27.0. The Hall–Kier alpha value is -5.55. The van der Waals surface area contributed by atoms with Crippen molar-refractivity contribution < 1.29 is 19.5 Å². The van der Waals surface area contributed by atoms with Crippen molar-refractivity contribution in [1.82, 2.24) is 35.5 Å². The van der Waals surface area contributed by atoms with Gasteiger partial charge in [0.05, 0.1) is 11.6 Å². The normalized spacial score (nSPS) is 14.5. The van der Waals surface area contributed by atoms with E-state index in [1.807, 2.05) is 6.07 Å². The summed E-state index contributed by atoms with van der Waals surface area (Å²) in [6.45, 7) is 1.93. The second-order valence-electron chi connectivity index (χ2n) is 9.44. The van der Waals surface area contributed by atoms with Crippen LogP contribution in [0.25, 0.3) is 5.78 Å². The molecular formula is C27H26N10O4. The minimum atomic E-state index is -0.990. The Kier molecular flexibility index (Phi) is 7.44. The number of aromatic nitrogens is 4. The minimum absolute atomic E-state index is 0.0149. The average Bonchev–Trinajstić information content (AvgIpc) is 3.59. The number of carboxylic acid groups (broad SMARTS) is 1. The molecule has 0 saturated heterocycles. The maximum Gasteiger partial charge on any atom is 0.335 e. The number of aromatic carboxylic acids is 1. The molecule has 41 heavy (non-hydrogen) atoms. The Bertz CT molecular complexity index is 1710. The number of carbonyl (C=O) groups excluding carboxylic acids is 2. The number of carboxylic acids is 1. The molecule has 5 rings (SSSR count). The van der Waals surface area contributed by atoms with Crippen molar-refractivity contribution in [2.24, 2.45) is 5.73 Å². The van der Waals surface area contributed by atoms with Gasteiger partial charge in [0, 0.05) is 18.3 Å². The number of hydrogen-bond donors (Lipinski definition) is 6. The van der Waals surface area contributed by atoms with Gasteiger partial charge in [-0.1, -0.05) is 18.2 Å². The highest BCUT2D eigenvalue weighted by atomic mass is 16.4. The van der Waals surface area contributed by atoms with Crippen LogP contribution in [0.15, 0.2) is 48.8 Å². The van der Waals surface area contributed by atoms with E-state index < -0.39 is 24.1 Å². The number of rotatable bonds is 9. The summed E-state index contributed by atoms with van der Waals surface area (Å²) < 4.78 is 1.26. The molecule has 0 aliphatic heterocycles. The molecule has 208 valence electrons. The molecule has 0 spiro atoms. The number of benzene rings is 2. The van der Waals surface area contributed by atoms with Crippen molar-refractivity contribution >= 4 is 29.2 Å². The number of nitrogens with two attached hydrogens (primary N) is 1. The number of nitriles is 1. The second-order valence-corrected chi connectivity index (χ2v) is 9.44. The van der Waals surface area contributed by atoms with E-state index in [2.05, 4.69) is 36.3 Å². The van der Waals surface area contributed by atoms with Crippen LogP contribution in [-0.4, -0.2) is 48.8 Å². The van der Waals surface area contributed by atoms with Crippen LogP contribution in [0.5, 0.6) is 0 Å². The molecule has 0 fully saturated rings. The lowest BCUT2D eigenvalue weighted by molar-refractivity contribution is 0.0695. The summed E-state index contributed by atoms with van der Waals surface area (Å²) in [4.78, 5) is 46.3. The largest absolute Gasteiger partial charge is 0.478 e. The molecule has 0 bridgehead atoms. The third-order valence-corrected chi connectivity index (χ3v) is 6.87. The highest BCUT2D eigenvalue weighted by molar-refractivity contribution is 5.98. The molecule has 1 aliphatic rings. The van der Waals surface area contributed by atoms with E-state index in [0.717, 1.165) is 16.7 Å². The van der Waals surface area contributed by atoms with E-state index in [4.69, 9.17) is 11.0 Å². The monoisotopic (exact) mass is 554 g/mol. The molecule has 2 amide bonds. The van der Waals surface area contributed by atoms with Crippen LogP contribution < -0.4 is 27.0 Å². The van der Waals surface area contributed by atoms with Crippen molar-refractivity contribution in [2.75, 3.05) is 5.32 Å². The van der Waals surface area contributed by atoms with Gasteiger partial charge in [-0.15, -0.1) is 0 Å². The third kappa shape index (κ3) is 5.60. The molecular weight excluding hydrogens is 528 g/mol. The standard InChI is InChI=1S/C27H26N10O4/c1-14-17-7-8-20(19(17)6-5-18(14)25(40)41)35-24(39)22-10-21(36-27-32-13-33-37(22)27)23(38)30-11-15-3-2-4-16(9-15)34-26(29)31-12-28/h2-6,9-10,13,20,26,31,34H,7-8,11,29H2,1H3,(H,30,38)(H,35,39)(H,40,41)/t20-,26?/m0/s1. The smallest absolute Gasteiger partial charge is 0.335 e. The maximum absolute atomic E-state index is 13.4. The number of amides is 2.